The lowest BCUT2D eigenvalue weighted by atomic mass is 10.3. The molecule has 0 aromatic carbocycles. The number of pyridine rings is 1. The van der Waals surface area contributed by atoms with Crippen LogP contribution in [0.15, 0.2) is 24.5 Å². The Balaban J connectivity index is 2.92. The lowest BCUT2D eigenvalue weighted by molar-refractivity contribution is 0.160. The highest BCUT2D eigenvalue weighted by Gasteiger charge is 2.27. The third-order valence-electron chi connectivity index (χ3n) is 2.03. The van der Waals surface area contributed by atoms with E-state index in [0.29, 0.717) is 0 Å². The van der Waals surface area contributed by atoms with Crippen molar-refractivity contribution in [1.29, 1.82) is 0 Å². The summed E-state index contributed by atoms with van der Waals surface area (Å²) in [4.78, 5) is 4.00. The third kappa shape index (κ3) is 2.64. The first kappa shape index (κ1) is 10.4. The molecule has 3 heteroatoms. The van der Waals surface area contributed by atoms with Gasteiger partial charge in [-0.25, -0.2) is 0 Å². The number of aromatic nitrogens is 1. The molecule has 0 aliphatic rings. The minimum absolute atomic E-state index is 0.274. The predicted octanol–water partition coefficient (Wildman–Crippen LogP) is 2.65. The van der Waals surface area contributed by atoms with Crippen LogP contribution in [0.1, 0.15) is 11.3 Å². The van der Waals surface area contributed by atoms with Gasteiger partial charge in [-0.2, -0.15) is 0 Å². The van der Waals surface area contributed by atoms with Crippen LogP contribution >= 0.6 is 0 Å². The Morgan fingerprint density at radius 2 is 1.77 bits per heavy atom. The zero-order valence-corrected chi connectivity index (χ0v) is 9.74. The van der Waals surface area contributed by atoms with Gasteiger partial charge >= 0.3 is 0 Å². The first-order valence-corrected chi connectivity index (χ1v) is 8.06. The lowest BCUT2D eigenvalue weighted by Gasteiger charge is -2.27. The molecule has 72 valence electrons. The van der Waals surface area contributed by atoms with E-state index in [1.165, 1.54) is 5.56 Å². The summed E-state index contributed by atoms with van der Waals surface area (Å²) >= 11 is 0. The Morgan fingerprint density at radius 1 is 1.23 bits per heavy atom. The van der Waals surface area contributed by atoms with Crippen LogP contribution in [0.5, 0.6) is 0 Å². The van der Waals surface area contributed by atoms with Crippen LogP contribution in [0.3, 0.4) is 0 Å². The molecule has 0 saturated carbocycles. The molecule has 0 N–H and O–H groups in total. The Bertz CT molecular complexity index is 255. The summed E-state index contributed by atoms with van der Waals surface area (Å²) in [5, 5.41) is 0. The quantitative estimate of drug-likeness (QED) is 0.692. The first-order chi connectivity index (χ1) is 6.05. The number of hydrogen-bond acceptors (Lipinski definition) is 2. The van der Waals surface area contributed by atoms with Gasteiger partial charge in [-0.3, -0.25) is 4.98 Å². The predicted molar refractivity (Wildman–Crippen MR) is 57.3 cm³/mol. The summed E-state index contributed by atoms with van der Waals surface area (Å²) < 4.78 is 5.53. The van der Waals surface area contributed by atoms with Crippen LogP contribution in [0.25, 0.3) is 0 Å². The van der Waals surface area contributed by atoms with Gasteiger partial charge in [0.1, 0.15) is 0 Å². The molecule has 0 unspecified atom stereocenters. The van der Waals surface area contributed by atoms with Crippen molar-refractivity contribution in [3.63, 3.8) is 0 Å². The molecule has 0 aliphatic carbocycles. The third-order valence-corrected chi connectivity index (χ3v) is 4.17. The second kappa shape index (κ2) is 4.02. The molecule has 1 atom stereocenters. The van der Waals surface area contributed by atoms with Crippen molar-refractivity contribution >= 4 is 8.07 Å². The molecule has 0 radical (unpaired) electrons. The molecule has 2 nitrogen and oxygen atoms in total. The second-order valence-electron chi connectivity index (χ2n) is 4.26. The number of hydrogen-bond donors (Lipinski definition) is 0. The molecule has 1 rings (SSSR count). The highest BCUT2D eigenvalue weighted by molar-refractivity contribution is 6.77. The molecule has 0 spiro atoms. The highest BCUT2D eigenvalue weighted by atomic mass is 28.3. The van der Waals surface area contributed by atoms with Gasteiger partial charge in [-0.15, -0.1) is 0 Å². The topological polar surface area (TPSA) is 22.1 Å². The highest BCUT2D eigenvalue weighted by Crippen LogP contribution is 2.26. The molecule has 0 saturated heterocycles. The standard InChI is InChI=1S/C10H17NOSi/c1-12-10(13(2,3)4)9-5-7-11-8-6-9/h5-8,10H,1-4H3/t10-/m1/s1. The van der Waals surface area contributed by atoms with Gasteiger partial charge < -0.3 is 4.74 Å². The average molecular weight is 195 g/mol. The second-order valence-corrected chi connectivity index (χ2v) is 9.52. The summed E-state index contributed by atoms with van der Waals surface area (Å²) in [6.45, 7) is 6.92. The maximum Gasteiger partial charge on any atom is 0.0842 e. The molecular formula is C10H17NOSi. The number of ether oxygens (including phenoxy) is 1. The van der Waals surface area contributed by atoms with Gasteiger partial charge in [-0.05, 0) is 17.7 Å². The van der Waals surface area contributed by atoms with E-state index >= 15 is 0 Å². The molecule has 0 amide bonds. The SMILES string of the molecule is CO[C@@H](c1ccncc1)[Si](C)(C)C. The molecule has 0 fully saturated rings. The number of methoxy groups -OCH3 is 1. The monoisotopic (exact) mass is 195 g/mol. The van der Waals surface area contributed by atoms with Crippen LogP contribution in [0.4, 0.5) is 0 Å². The maximum absolute atomic E-state index is 5.53. The molecule has 1 aromatic heterocycles. The van der Waals surface area contributed by atoms with E-state index in [2.05, 4.69) is 24.6 Å². The van der Waals surface area contributed by atoms with Crippen LogP contribution in [0.2, 0.25) is 19.6 Å². The molecule has 1 aromatic rings. The van der Waals surface area contributed by atoms with Crippen molar-refractivity contribution in [3.05, 3.63) is 30.1 Å². The van der Waals surface area contributed by atoms with Gasteiger partial charge in [0.2, 0.25) is 0 Å². The van der Waals surface area contributed by atoms with Gasteiger partial charge in [-0.1, -0.05) is 19.6 Å². The van der Waals surface area contributed by atoms with Crippen molar-refractivity contribution in [2.75, 3.05) is 7.11 Å². The Hall–Kier alpha value is -0.673. The normalized spacial score (nSPS) is 14.2. The maximum atomic E-state index is 5.53. The van der Waals surface area contributed by atoms with Crippen LogP contribution < -0.4 is 0 Å². The van der Waals surface area contributed by atoms with E-state index in [-0.39, 0.29) is 5.73 Å². The van der Waals surface area contributed by atoms with Crippen molar-refractivity contribution in [2.45, 2.75) is 25.4 Å². The summed E-state index contributed by atoms with van der Waals surface area (Å²) in [6.07, 6.45) is 3.64. The fourth-order valence-electron chi connectivity index (χ4n) is 1.53. The van der Waals surface area contributed by atoms with E-state index in [1.54, 1.807) is 7.11 Å². The van der Waals surface area contributed by atoms with Crippen LogP contribution in [-0.4, -0.2) is 20.2 Å². The van der Waals surface area contributed by atoms with E-state index < -0.39 is 8.07 Å². The van der Waals surface area contributed by atoms with Gasteiger partial charge in [0.25, 0.3) is 0 Å². The summed E-state index contributed by atoms with van der Waals surface area (Å²) in [6, 6.07) is 4.07. The summed E-state index contributed by atoms with van der Waals surface area (Å²) in [5.41, 5.74) is 1.52. The van der Waals surface area contributed by atoms with Crippen LogP contribution in [0, 0.1) is 0 Å². The molecule has 1 heterocycles. The minimum atomic E-state index is -1.28. The minimum Gasteiger partial charge on any atom is -0.380 e. The van der Waals surface area contributed by atoms with Crippen molar-refractivity contribution in [2.24, 2.45) is 0 Å². The van der Waals surface area contributed by atoms with Crippen LogP contribution in [-0.2, 0) is 4.74 Å². The van der Waals surface area contributed by atoms with Crippen molar-refractivity contribution in [1.82, 2.24) is 4.98 Å². The number of nitrogens with zero attached hydrogens (tertiary/aromatic N) is 1. The molecule has 0 bridgehead atoms. The van der Waals surface area contributed by atoms with E-state index in [1.807, 2.05) is 24.5 Å². The average Bonchev–Trinajstić information content (AvgIpc) is 2.05. The summed E-state index contributed by atoms with van der Waals surface area (Å²) in [7, 11) is 0.504. The van der Waals surface area contributed by atoms with E-state index in [4.69, 9.17) is 4.74 Å². The van der Waals surface area contributed by atoms with Gasteiger partial charge in [0.15, 0.2) is 0 Å². The lowest BCUT2D eigenvalue weighted by Crippen LogP contribution is -2.32. The molecule has 13 heavy (non-hydrogen) atoms. The zero-order valence-electron chi connectivity index (χ0n) is 8.74. The fourth-order valence-corrected chi connectivity index (χ4v) is 3.43. The Kier molecular flexibility index (Phi) is 3.22. The zero-order chi connectivity index (χ0) is 9.90. The van der Waals surface area contributed by atoms with E-state index in [9.17, 15) is 0 Å². The van der Waals surface area contributed by atoms with Gasteiger partial charge in [0, 0.05) is 19.5 Å². The Morgan fingerprint density at radius 3 is 2.15 bits per heavy atom. The van der Waals surface area contributed by atoms with Crippen molar-refractivity contribution < 1.29 is 4.74 Å². The van der Waals surface area contributed by atoms with Crippen molar-refractivity contribution in [3.8, 4) is 0 Å². The first-order valence-electron chi connectivity index (χ1n) is 4.48. The molecular weight excluding hydrogens is 178 g/mol. The van der Waals surface area contributed by atoms with Gasteiger partial charge in [0.05, 0.1) is 13.8 Å². The fraction of sp³-hybridized carbons (Fsp3) is 0.500. The van der Waals surface area contributed by atoms with E-state index in [0.717, 1.165) is 0 Å². The summed E-state index contributed by atoms with van der Waals surface area (Å²) in [5.74, 6) is 0. The Labute approximate surface area is 81.0 Å². The molecule has 0 aliphatic heterocycles. The number of rotatable bonds is 3. The smallest absolute Gasteiger partial charge is 0.0842 e. The largest absolute Gasteiger partial charge is 0.380 e.